The van der Waals surface area contributed by atoms with Gasteiger partial charge in [-0.3, -0.25) is 4.79 Å². The van der Waals surface area contributed by atoms with Gasteiger partial charge in [-0.2, -0.15) is 11.8 Å². The number of nitrogens with one attached hydrogen (secondary N) is 1. The van der Waals surface area contributed by atoms with Crippen LogP contribution in [0.1, 0.15) is 17.3 Å². The number of phenolic OH excluding ortho intramolecular Hbond substituents is 1. The predicted molar refractivity (Wildman–Crippen MR) is 82.2 cm³/mol. The molecule has 0 bridgehead atoms. The van der Waals surface area contributed by atoms with Crippen LogP contribution >= 0.6 is 34.4 Å². The minimum absolute atomic E-state index is 0.0825. The largest absolute Gasteiger partial charge is 0.507 e. The first kappa shape index (κ1) is 15.6. The molecule has 1 aromatic carbocycles. The lowest BCUT2D eigenvalue weighted by Gasteiger charge is -2.22. The van der Waals surface area contributed by atoms with Crippen LogP contribution in [0.5, 0.6) is 5.75 Å². The molecule has 1 rings (SSSR count). The number of aromatic hydroxyl groups is 1. The third-order valence-electron chi connectivity index (χ3n) is 2.29. The van der Waals surface area contributed by atoms with Crippen molar-refractivity contribution in [3.63, 3.8) is 0 Å². The van der Waals surface area contributed by atoms with Gasteiger partial charge in [0.15, 0.2) is 0 Å². The number of hydrogen-bond donors (Lipinski definition) is 3. The predicted octanol–water partition coefficient (Wildman–Crippen LogP) is 1.84. The summed E-state index contributed by atoms with van der Waals surface area (Å²) in [5.74, 6) is 0.327. The molecular formula is C12H16INO3S. The highest BCUT2D eigenvalue weighted by Gasteiger charge is 2.20. The van der Waals surface area contributed by atoms with E-state index in [1.807, 2.05) is 28.8 Å². The maximum absolute atomic E-state index is 11.8. The van der Waals surface area contributed by atoms with E-state index in [1.54, 1.807) is 19.1 Å². The Morgan fingerprint density at radius 2 is 2.22 bits per heavy atom. The van der Waals surface area contributed by atoms with Crippen molar-refractivity contribution >= 4 is 40.3 Å². The Bertz CT molecular complexity index is 437. The maximum atomic E-state index is 11.8. The van der Waals surface area contributed by atoms with Crippen LogP contribution in [0.2, 0.25) is 0 Å². The molecule has 0 saturated carbocycles. The molecule has 0 saturated heterocycles. The molecule has 1 amide bonds. The van der Waals surface area contributed by atoms with E-state index in [2.05, 4.69) is 5.32 Å². The normalized spacial score (nSPS) is 14.0. The number of halogens is 1. The van der Waals surface area contributed by atoms with Crippen molar-refractivity contribution in [2.75, 3.05) is 18.6 Å². The fourth-order valence-corrected chi connectivity index (χ4v) is 2.45. The van der Waals surface area contributed by atoms with Gasteiger partial charge in [0.05, 0.1) is 9.17 Å². The first-order chi connectivity index (χ1) is 8.35. The molecule has 1 unspecified atom stereocenters. The summed E-state index contributed by atoms with van der Waals surface area (Å²) < 4.78 is 0.693. The zero-order chi connectivity index (χ0) is 13.8. The van der Waals surface area contributed by atoms with Crippen LogP contribution in [0.25, 0.3) is 0 Å². The highest BCUT2D eigenvalue weighted by atomic mass is 127. The van der Waals surface area contributed by atoms with E-state index in [0.29, 0.717) is 14.9 Å². The summed E-state index contributed by atoms with van der Waals surface area (Å²) in [4.78, 5) is 11.8. The molecule has 3 N–H and O–H groups in total. The van der Waals surface area contributed by atoms with Crippen molar-refractivity contribution in [1.82, 2.24) is 5.32 Å². The van der Waals surface area contributed by atoms with Gasteiger partial charge in [0.1, 0.15) is 5.75 Å². The maximum Gasteiger partial charge on any atom is 0.251 e. The molecular weight excluding hydrogens is 365 g/mol. The van der Waals surface area contributed by atoms with Gasteiger partial charge in [-0.15, -0.1) is 0 Å². The van der Waals surface area contributed by atoms with Gasteiger partial charge < -0.3 is 15.5 Å². The van der Waals surface area contributed by atoms with Gasteiger partial charge in [-0.1, -0.05) is 0 Å². The number of thioether (sulfide) groups is 1. The topological polar surface area (TPSA) is 69.6 Å². The number of hydrogen-bond acceptors (Lipinski definition) is 4. The number of aliphatic hydroxyl groups is 1. The minimum Gasteiger partial charge on any atom is -0.507 e. The van der Waals surface area contributed by atoms with Crippen LogP contribution in [0.4, 0.5) is 0 Å². The van der Waals surface area contributed by atoms with Gasteiger partial charge >= 0.3 is 0 Å². The minimum atomic E-state index is -0.930. The second-order valence-corrected chi connectivity index (χ2v) is 6.31. The van der Waals surface area contributed by atoms with Crippen molar-refractivity contribution in [2.45, 2.75) is 12.5 Å². The first-order valence-electron chi connectivity index (χ1n) is 5.34. The average molecular weight is 381 g/mol. The van der Waals surface area contributed by atoms with Crippen LogP contribution in [-0.4, -0.2) is 40.3 Å². The lowest BCUT2D eigenvalue weighted by Crippen LogP contribution is -2.42. The molecule has 100 valence electrons. The summed E-state index contributed by atoms with van der Waals surface area (Å²) in [7, 11) is 0. The number of amides is 1. The van der Waals surface area contributed by atoms with Gasteiger partial charge in [0.25, 0.3) is 5.91 Å². The lowest BCUT2D eigenvalue weighted by atomic mass is 10.1. The standard InChI is InChI=1S/C12H16INO3S/c1-12(17,7-18-2)6-14-11(16)8-3-4-9(13)10(15)5-8/h3-5,15,17H,6-7H2,1-2H3,(H,14,16). The summed E-state index contributed by atoms with van der Waals surface area (Å²) >= 11 is 3.50. The van der Waals surface area contributed by atoms with Crippen molar-refractivity contribution in [3.05, 3.63) is 27.3 Å². The van der Waals surface area contributed by atoms with Crippen LogP contribution in [0.3, 0.4) is 0 Å². The highest BCUT2D eigenvalue weighted by molar-refractivity contribution is 14.1. The molecule has 0 aliphatic heterocycles. The van der Waals surface area contributed by atoms with Crippen molar-refractivity contribution in [1.29, 1.82) is 0 Å². The number of rotatable bonds is 5. The Kier molecular flexibility index (Phi) is 5.74. The number of carbonyl (C=O) groups excluding carboxylic acids is 1. The molecule has 0 heterocycles. The summed E-state index contributed by atoms with van der Waals surface area (Å²) in [5, 5.41) is 22.1. The van der Waals surface area contributed by atoms with Crippen molar-refractivity contribution < 1.29 is 15.0 Å². The Balaban J connectivity index is 2.63. The fraction of sp³-hybridized carbons (Fsp3) is 0.417. The average Bonchev–Trinajstić information content (AvgIpc) is 2.30. The monoisotopic (exact) mass is 381 g/mol. The van der Waals surface area contributed by atoms with Crippen molar-refractivity contribution in [3.8, 4) is 5.75 Å². The van der Waals surface area contributed by atoms with Gasteiger partial charge in [0, 0.05) is 17.9 Å². The van der Waals surface area contributed by atoms with Gasteiger partial charge in [-0.05, 0) is 54.0 Å². The Hall–Kier alpha value is -0.470. The molecule has 0 aliphatic carbocycles. The van der Waals surface area contributed by atoms with E-state index in [0.717, 1.165) is 0 Å². The molecule has 0 radical (unpaired) electrons. The van der Waals surface area contributed by atoms with E-state index >= 15 is 0 Å². The molecule has 0 fully saturated rings. The smallest absolute Gasteiger partial charge is 0.251 e. The third-order valence-corrected chi connectivity index (χ3v) is 4.12. The van der Waals surface area contributed by atoms with Crippen LogP contribution < -0.4 is 5.32 Å². The number of benzene rings is 1. The lowest BCUT2D eigenvalue weighted by molar-refractivity contribution is 0.0725. The van der Waals surface area contributed by atoms with Crippen LogP contribution in [0, 0.1) is 3.57 Å². The highest BCUT2D eigenvalue weighted by Crippen LogP contribution is 2.20. The quantitative estimate of drug-likeness (QED) is 0.681. The molecule has 18 heavy (non-hydrogen) atoms. The Morgan fingerprint density at radius 1 is 1.56 bits per heavy atom. The molecule has 1 aromatic rings. The second-order valence-electron chi connectivity index (χ2n) is 4.28. The van der Waals surface area contributed by atoms with Crippen LogP contribution in [0.15, 0.2) is 18.2 Å². The zero-order valence-electron chi connectivity index (χ0n) is 10.2. The molecule has 6 heteroatoms. The molecule has 0 aliphatic rings. The van der Waals surface area contributed by atoms with E-state index in [9.17, 15) is 15.0 Å². The van der Waals surface area contributed by atoms with Crippen molar-refractivity contribution in [2.24, 2.45) is 0 Å². The molecule has 1 atom stereocenters. The van der Waals surface area contributed by atoms with Crippen LogP contribution in [-0.2, 0) is 0 Å². The molecule has 0 aromatic heterocycles. The Morgan fingerprint density at radius 3 is 2.78 bits per heavy atom. The summed E-state index contributed by atoms with van der Waals surface area (Å²) in [6.07, 6.45) is 1.90. The van der Waals surface area contributed by atoms with E-state index in [1.165, 1.54) is 17.8 Å². The molecule has 0 spiro atoms. The summed E-state index contributed by atoms with van der Waals surface area (Å²) in [6, 6.07) is 4.73. The Labute approximate surface area is 124 Å². The summed E-state index contributed by atoms with van der Waals surface area (Å²) in [5.41, 5.74) is -0.548. The van der Waals surface area contributed by atoms with E-state index in [-0.39, 0.29) is 18.2 Å². The molecule has 4 nitrogen and oxygen atoms in total. The fourth-order valence-electron chi connectivity index (χ4n) is 1.39. The van der Waals surface area contributed by atoms with E-state index in [4.69, 9.17) is 0 Å². The van der Waals surface area contributed by atoms with Gasteiger partial charge in [0.2, 0.25) is 0 Å². The van der Waals surface area contributed by atoms with E-state index < -0.39 is 5.60 Å². The number of carbonyl (C=O) groups is 1. The SMILES string of the molecule is CSCC(C)(O)CNC(=O)c1ccc(I)c(O)c1. The zero-order valence-corrected chi connectivity index (χ0v) is 13.2. The first-order valence-corrected chi connectivity index (χ1v) is 7.81. The number of phenols is 1. The second kappa shape index (κ2) is 6.63. The van der Waals surface area contributed by atoms with Gasteiger partial charge in [-0.25, -0.2) is 0 Å². The summed E-state index contributed by atoms with van der Waals surface area (Å²) in [6.45, 7) is 1.86. The third kappa shape index (κ3) is 4.66.